The smallest absolute Gasteiger partial charge is 0.221 e. The molecular weight excluding hydrogens is 334 g/mol. The van der Waals surface area contributed by atoms with Crippen molar-refractivity contribution in [3.05, 3.63) is 54.1 Å². The summed E-state index contributed by atoms with van der Waals surface area (Å²) in [5.74, 6) is 1.50. The van der Waals surface area contributed by atoms with Crippen LogP contribution in [0.1, 0.15) is 12.0 Å². The molecule has 0 spiro atoms. The zero-order chi connectivity index (χ0) is 17.6. The summed E-state index contributed by atoms with van der Waals surface area (Å²) in [5.41, 5.74) is 3.06. The average molecular weight is 355 g/mol. The van der Waals surface area contributed by atoms with Crippen molar-refractivity contribution in [2.75, 3.05) is 12.9 Å². The first kappa shape index (κ1) is 17.4. The maximum absolute atomic E-state index is 12.1. The number of nitrogens with zero attached hydrogens (tertiary/aromatic N) is 2. The number of para-hydroxylation sites is 3. The third-order valence-corrected chi connectivity index (χ3v) is 5.01. The van der Waals surface area contributed by atoms with E-state index in [9.17, 15) is 4.79 Å². The topological polar surface area (TPSA) is 56.1 Å². The summed E-state index contributed by atoms with van der Waals surface area (Å²) in [5, 5.41) is 3.87. The van der Waals surface area contributed by atoms with E-state index in [1.165, 1.54) is 0 Å². The van der Waals surface area contributed by atoms with Crippen LogP contribution in [0.25, 0.3) is 11.0 Å². The summed E-state index contributed by atoms with van der Waals surface area (Å²) in [6, 6.07) is 15.7. The van der Waals surface area contributed by atoms with E-state index in [2.05, 4.69) is 14.9 Å². The van der Waals surface area contributed by atoms with Crippen LogP contribution in [0.5, 0.6) is 5.75 Å². The minimum absolute atomic E-state index is 0.0252. The highest BCUT2D eigenvalue weighted by atomic mass is 32.2. The number of aryl methyl sites for hydroxylation is 1. The van der Waals surface area contributed by atoms with Crippen molar-refractivity contribution in [3.8, 4) is 5.75 Å². The molecule has 3 rings (SSSR count). The van der Waals surface area contributed by atoms with Gasteiger partial charge in [0.15, 0.2) is 5.16 Å². The highest BCUT2D eigenvalue weighted by Gasteiger charge is 2.09. The van der Waals surface area contributed by atoms with Gasteiger partial charge in [0.25, 0.3) is 0 Å². The summed E-state index contributed by atoms with van der Waals surface area (Å²) in [7, 11) is 3.63. The molecule has 1 aromatic heterocycles. The first-order valence-corrected chi connectivity index (χ1v) is 9.10. The van der Waals surface area contributed by atoms with Crippen molar-refractivity contribution in [2.45, 2.75) is 18.1 Å². The first-order chi connectivity index (χ1) is 12.2. The molecule has 130 valence electrons. The second-order valence-electron chi connectivity index (χ2n) is 5.63. The number of methoxy groups -OCH3 is 1. The van der Waals surface area contributed by atoms with E-state index in [1.54, 1.807) is 18.9 Å². The zero-order valence-electron chi connectivity index (χ0n) is 14.4. The van der Waals surface area contributed by atoms with E-state index in [0.717, 1.165) is 27.5 Å². The number of amides is 1. The molecule has 1 heterocycles. The Labute approximate surface area is 151 Å². The van der Waals surface area contributed by atoms with Crippen molar-refractivity contribution in [2.24, 2.45) is 7.05 Å². The van der Waals surface area contributed by atoms with Crippen LogP contribution >= 0.6 is 11.8 Å². The van der Waals surface area contributed by atoms with Crippen LogP contribution in [-0.2, 0) is 18.4 Å². The molecule has 0 aliphatic heterocycles. The minimum atomic E-state index is 0.0252. The van der Waals surface area contributed by atoms with Gasteiger partial charge in [-0.2, -0.15) is 0 Å². The van der Waals surface area contributed by atoms with Crippen molar-refractivity contribution in [1.29, 1.82) is 0 Å². The molecule has 0 saturated heterocycles. The molecule has 0 saturated carbocycles. The highest BCUT2D eigenvalue weighted by molar-refractivity contribution is 7.99. The monoisotopic (exact) mass is 355 g/mol. The number of benzene rings is 2. The van der Waals surface area contributed by atoms with Crippen molar-refractivity contribution in [1.82, 2.24) is 14.9 Å². The Balaban J connectivity index is 1.50. The molecule has 0 atom stereocenters. The van der Waals surface area contributed by atoms with Crippen LogP contribution in [0.2, 0.25) is 0 Å². The van der Waals surface area contributed by atoms with Crippen molar-refractivity contribution in [3.63, 3.8) is 0 Å². The number of aromatic nitrogens is 2. The molecule has 2 aromatic carbocycles. The van der Waals surface area contributed by atoms with Crippen molar-refractivity contribution >= 4 is 28.7 Å². The number of carbonyl (C=O) groups is 1. The Morgan fingerprint density at radius 1 is 1.20 bits per heavy atom. The first-order valence-electron chi connectivity index (χ1n) is 8.12. The Morgan fingerprint density at radius 2 is 1.96 bits per heavy atom. The molecule has 0 bridgehead atoms. The predicted octanol–water partition coefficient (Wildman–Crippen LogP) is 3.38. The van der Waals surface area contributed by atoms with Gasteiger partial charge in [0.1, 0.15) is 5.75 Å². The van der Waals surface area contributed by atoms with Crippen LogP contribution in [0.3, 0.4) is 0 Å². The van der Waals surface area contributed by atoms with E-state index >= 15 is 0 Å². The molecule has 0 unspecified atom stereocenters. The number of nitrogens with one attached hydrogen (secondary N) is 1. The number of thioether (sulfide) groups is 1. The molecule has 0 radical (unpaired) electrons. The van der Waals surface area contributed by atoms with Crippen LogP contribution in [0.15, 0.2) is 53.7 Å². The number of fused-ring (bicyclic) bond motifs is 1. The molecule has 3 aromatic rings. The predicted molar refractivity (Wildman–Crippen MR) is 101 cm³/mol. The van der Waals surface area contributed by atoms with Gasteiger partial charge in [-0.25, -0.2) is 4.98 Å². The van der Waals surface area contributed by atoms with Crippen LogP contribution in [0.4, 0.5) is 0 Å². The lowest BCUT2D eigenvalue weighted by Gasteiger charge is -2.09. The van der Waals surface area contributed by atoms with Gasteiger partial charge in [0, 0.05) is 31.3 Å². The fraction of sp³-hybridized carbons (Fsp3) is 0.263. The molecule has 25 heavy (non-hydrogen) atoms. The average Bonchev–Trinajstić information content (AvgIpc) is 2.96. The molecule has 0 aliphatic carbocycles. The van der Waals surface area contributed by atoms with Gasteiger partial charge in [0.05, 0.1) is 18.1 Å². The Bertz CT molecular complexity index is 876. The summed E-state index contributed by atoms with van der Waals surface area (Å²) in [4.78, 5) is 16.7. The van der Waals surface area contributed by atoms with E-state index in [4.69, 9.17) is 4.74 Å². The number of rotatable bonds is 7. The summed E-state index contributed by atoms with van der Waals surface area (Å²) in [6.45, 7) is 0.472. The second-order valence-corrected chi connectivity index (χ2v) is 6.69. The summed E-state index contributed by atoms with van der Waals surface area (Å²) in [6.07, 6.45) is 0.447. The normalized spacial score (nSPS) is 10.8. The Hall–Kier alpha value is -2.47. The molecule has 1 amide bonds. The highest BCUT2D eigenvalue weighted by Crippen LogP contribution is 2.23. The minimum Gasteiger partial charge on any atom is -0.496 e. The lowest BCUT2D eigenvalue weighted by Crippen LogP contribution is -2.23. The van der Waals surface area contributed by atoms with Gasteiger partial charge in [-0.15, -0.1) is 0 Å². The quantitative estimate of drug-likeness (QED) is 0.660. The summed E-state index contributed by atoms with van der Waals surface area (Å²) < 4.78 is 7.35. The van der Waals surface area contributed by atoms with E-state index in [0.29, 0.717) is 18.7 Å². The lowest BCUT2D eigenvalue weighted by molar-refractivity contribution is -0.120. The third-order valence-electron chi connectivity index (χ3n) is 3.97. The fourth-order valence-corrected chi connectivity index (χ4v) is 3.54. The number of ether oxygens (including phenoxy) is 1. The third kappa shape index (κ3) is 4.14. The van der Waals surface area contributed by atoms with Gasteiger partial charge >= 0.3 is 0 Å². The van der Waals surface area contributed by atoms with Gasteiger partial charge in [-0.3, -0.25) is 4.79 Å². The SMILES string of the molecule is COc1ccccc1CNC(=O)CCSc1nc2ccccc2n1C. The van der Waals surface area contributed by atoms with Crippen LogP contribution < -0.4 is 10.1 Å². The zero-order valence-corrected chi connectivity index (χ0v) is 15.2. The number of hydrogen-bond acceptors (Lipinski definition) is 4. The van der Waals surface area contributed by atoms with Gasteiger partial charge in [-0.05, 0) is 18.2 Å². The van der Waals surface area contributed by atoms with Gasteiger partial charge in [-0.1, -0.05) is 42.1 Å². The molecule has 5 nitrogen and oxygen atoms in total. The maximum atomic E-state index is 12.1. The Kier molecular flexibility index (Phi) is 5.60. The second kappa shape index (κ2) is 8.07. The molecular formula is C19H21N3O2S. The molecule has 1 N–H and O–H groups in total. The van der Waals surface area contributed by atoms with Crippen molar-refractivity contribution < 1.29 is 9.53 Å². The fourth-order valence-electron chi connectivity index (χ4n) is 2.62. The number of hydrogen-bond donors (Lipinski definition) is 1. The molecule has 6 heteroatoms. The largest absolute Gasteiger partial charge is 0.496 e. The van der Waals surface area contributed by atoms with E-state index in [1.807, 2.05) is 55.6 Å². The molecule has 0 fully saturated rings. The maximum Gasteiger partial charge on any atom is 0.221 e. The Morgan fingerprint density at radius 3 is 2.76 bits per heavy atom. The van der Waals surface area contributed by atoms with E-state index < -0.39 is 0 Å². The number of imidazole rings is 1. The standard InChI is InChI=1S/C19H21N3O2S/c1-22-16-9-5-4-8-15(16)21-19(22)25-12-11-18(23)20-13-14-7-3-6-10-17(14)24-2/h3-10H,11-13H2,1-2H3,(H,20,23). The van der Waals surface area contributed by atoms with Crippen LogP contribution in [-0.4, -0.2) is 28.3 Å². The lowest BCUT2D eigenvalue weighted by atomic mass is 10.2. The van der Waals surface area contributed by atoms with Gasteiger partial charge in [0.2, 0.25) is 5.91 Å². The van der Waals surface area contributed by atoms with E-state index in [-0.39, 0.29) is 5.91 Å². The molecule has 0 aliphatic rings. The van der Waals surface area contributed by atoms with Gasteiger partial charge < -0.3 is 14.6 Å². The summed E-state index contributed by atoms with van der Waals surface area (Å²) >= 11 is 1.60. The number of carbonyl (C=O) groups excluding carboxylic acids is 1. The van der Waals surface area contributed by atoms with Crippen LogP contribution in [0, 0.1) is 0 Å².